The Morgan fingerprint density at radius 3 is 2.77 bits per heavy atom. The highest BCUT2D eigenvalue weighted by molar-refractivity contribution is 7.99. The molecular weight excluding hydrogens is 296 g/mol. The van der Waals surface area contributed by atoms with Crippen molar-refractivity contribution in [1.29, 1.82) is 0 Å². The van der Waals surface area contributed by atoms with Crippen molar-refractivity contribution in [2.24, 2.45) is 5.92 Å². The highest BCUT2D eigenvalue weighted by atomic mass is 32.2. The molecule has 4 nitrogen and oxygen atoms in total. The van der Waals surface area contributed by atoms with E-state index < -0.39 is 0 Å². The molecule has 2 atom stereocenters. The topological polar surface area (TPSA) is 42.8 Å². The minimum Gasteiger partial charge on any atom is -0.366 e. The van der Waals surface area contributed by atoms with Crippen LogP contribution in [0, 0.1) is 5.92 Å². The van der Waals surface area contributed by atoms with E-state index in [9.17, 15) is 4.79 Å². The second kappa shape index (κ2) is 8.56. The van der Waals surface area contributed by atoms with Gasteiger partial charge in [0.2, 0.25) is 5.91 Å². The molecule has 1 aliphatic heterocycles. The van der Waals surface area contributed by atoms with Gasteiger partial charge in [-0.3, -0.25) is 4.79 Å². The Kier molecular flexibility index (Phi) is 6.73. The van der Waals surface area contributed by atoms with Crippen LogP contribution in [0.4, 0.5) is 5.69 Å². The number of morpholine rings is 1. The van der Waals surface area contributed by atoms with Crippen LogP contribution in [0.3, 0.4) is 0 Å². The van der Waals surface area contributed by atoms with Crippen LogP contribution in [-0.4, -0.2) is 44.0 Å². The lowest BCUT2D eigenvalue weighted by Gasteiger charge is -2.31. The van der Waals surface area contributed by atoms with Gasteiger partial charge in [0.25, 0.3) is 0 Å². The largest absolute Gasteiger partial charge is 0.366 e. The fourth-order valence-electron chi connectivity index (χ4n) is 2.75. The molecule has 1 fully saturated rings. The molecule has 1 aromatic rings. The molecule has 2 N–H and O–H groups in total. The summed E-state index contributed by atoms with van der Waals surface area (Å²) in [6, 6.07) is 8.00. The predicted molar refractivity (Wildman–Crippen MR) is 91.6 cm³/mol. The lowest BCUT2D eigenvalue weighted by molar-refractivity contribution is -0.914. The van der Waals surface area contributed by atoms with Gasteiger partial charge < -0.3 is 15.0 Å². The molecular formula is C17H27N2O2S+. The number of anilines is 1. The van der Waals surface area contributed by atoms with Crippen LogP contribution in [0.5, 0.6) is 0 Å². The van der Waals surface area contributed by atoms with Crippen molar-refractivity contribution in [2.45, 2.75) is 31.8 Å². The van der Waals surface area contributed by atoms with Gasteiger partial charge in [0.1, 0.15) is 19.2 Å². The van der Waals surface area contributed by atoms with E-state index in [0.29, 0.717) is 6.10 Å². The first-order valence-electron chi connectivity index (χ1n) is 7.98. The third-order valence-corrected chi connectivity index (χ3v) is 4.78. The summed E-state index contributed by atoms with van der Waals surface area (Å²) in [7, 11) is 0. The molecule has 0 radical (unpaired) electrons. The zero-order chi connectivity index (χ0) is 15.9. The third kappa shape index (κ3) is 5.99. The molecule has 1 aromatic carbocycles. The van der Waals surface area contributed by atoms with Gasteiger partial charge in [-0.2, -0.15) is 0 Å². The van der Waals surface area contributed by atoms with Crippen LogP contribution in [0.2, 0.25) is 0 Å². The second-order valence-electron chi connectivity index (χ2n) is 6.31. The molecule has 0 bridgehead atoms. The molecule has 1 amide bonds. The van der Waals surface area contributed by atoms with E-state index in [-0.39, 0.29) is 5.91 Å². The third-order valence-electron chi connectivity index (χ3n) is 3.63. The van der Waals surface area contributed by atoms with E-state index in [0.717, 1.165) is 37.1 Å². The minimum atomic E-state index is -0.0378. The van der Waals surface area contributed by atoms with Gasteiger partial charge in [0.15, 0.2) is 0 Å². The van der Waals surface area contributed by atoms with Crippen molar-refractivity contribution in [1.82, 2.24) is 0 Å². The Hall–Kier alpha value is -1.04. The van der Waals surface area contributed by atoms with E-state index in [1.807, 2.05) is 23.9 Å². The molecule has 122 valence electrons. The van der Waals surface area contributed by atoms with Crippen molar-refractivity contribution < 1.29 is 14.4 Å². The van der Waals surface area contributed by atoms with Crippen molar-refractivity contribution in [3.8, 4) is 0 Å². The van der Waals surface area contributed by atoms with Crippen molar-refractivity contribution in [3.05, 3.63) is 24.3 Å². The summed E-state index contributed by atoms with van der Waals surface area (Å²) in [4.78, 5) is 13.9. The Morgan fingerprint density at radius 2 is 2.14 bits per heavy atom. The van der Waals surface area contributed by atoms with Gasteiger partial charge in [-0.25, -0.2) is 0 Å². The van der Waals surface area contributed by atoms with E-state index in [4.69, 9.17) is 4.74 Å². The molecule has 2 rings (SSSR count). The van der Waals surface area contributed by atoms with Crippen molar-refractivity contribution in [3.63, 3.8) is 0 Å². The second-order valence-corrected chi connectivity index (χ2v) is 7.40. The number of hydrogen-bond acceptors (Lipinski definition) is 3. The number of benzene rings is 1. The van der Waals surface area contributed by atoms with Gasteiger partial charge in [0, 0.05) is 29.2 Å². The average Bonchev–Trinajstić information content (AvgIpc) is 2.46. The molecule has 0 spiro atoms. The normalized spacial score (nSPS) is 21.8. The van der Waals surface area contributed by atoms with Gasteiger partial charge in [0.05, 0.1) is 13.2 Å². The standard InChI is InChI=1S/C17H26N2O2S/c1-13(2)10-19-8-9-21-16(11-19)12-22-17-6-4-15(5-7-17)18-14(3)20/h4-7,13,16H,8-12H2,1-3H3,(H,18,20)/p+1/t16-/m1/s1. The molecule has 1 unspecified atom stereocenters. The van der Waals surface area contributed by atoms with E-state index >= 15 is 0 Å². The van der Waals surface area contributed by atoms with Crippen LogP contribution < -0.4 is 10.2 Å². The molecule has 0 saturated carbocycles. The van der Waals surface area contributed by atoms with Gasteiger partial charge >= 0.3 is 0 Å². The maximum atomic E-state index is 11.0. The molecule has 1 aliphatic rings. The average molecular weight is 323 g/mol. The summed E-state index contributed by atoms with van der Waals surface area (Å²) in [5.41, 5.74) is 0.846. The van der Waals surface area contributed by atoms with Crippen LogP contribution >= 0.6 is 11.8 Å². The summed E-state index contributed by atoms with van der Waals surface area (Å²) >= 11 is 1.82. The Bertz CT molecular complexity index is 476. The zero-order valence-corrected chi connectivity index (χ0v) is 14.5. The van der Waals surface area contributed by atoms with Crippen LogP contribution in [-0.2, 0) is 9.53 Å². The summed E-state index contributed by atoms with van der Waals surface area (Å²) in [5.74, 6) is 1.69. The SMILES string of the molecule is CC(=O)Nc1ccc(SC[C@H]2C[NH+](CC(C)C)CCO2)cc1. The number of ether oxygens (including phenoxy) is 1. The molecule has 1 heterocycles. The lowest BCUT2D eigenvalue weighted by atomic mass is 10.2. The van der Waals surface area contributed by atoms with Gasteiger partial charge in [-0.1, -0.05) is 13.8 Å². The maximum Gasteiger partial charge on any atom is 0.221 e. The Morgan fingerprint density at radius 1 is 1.41 bits per heavy atom. The summed E-state index contributed by atoms with van der Waals surface area (Å²) in [5, 5.41) is 2.79. The van der Waals surface area contributed by atoms with Crippen LogP contribution in [0.1, 0.15) is 20.8 Å². The smallest absolute Gasteiger partial charge is 0.221 e. The number of amides is 1. The van der Waals surface area contributed by atoms with Crippen molar-refractivity contribution in [2.75, 3.05) is 37.3 Å². The first kappa shape index (κ1) is 17.3. The fraction of sp³-hybridized carbons (Fsp3) is 0.588. The molecule has 0 aromatic heterocycles. The van der Waals surface area contributed by atoms with Crippen LogP contribution in [0.25, 0.3) is 0 Å². The first-order chi connectivity index (χ1) is 10.5. The minimum absolute atomic E-state index is 0.0378. The maximum absolute atomic E-state index is 11.0. The quantitative estimate of drug-likeness (QED) is 0.783. The number of quaternary nitrogens is 1. The molecule has 1 saturated heterocycles. The highest BCUT2D eigenvalue weighted by Crippen LogP contribution is 2.21. The van der Waals surface area contributed by atoms with Crippen LogP contribution in [0.15, 0.2) is 29.2 Å². The van der Waals surface area contributed by atoms with Crippen molar-refractivity contribution >= 4 is 23.4 Å². The first-order valence-corrected chi connectivity index (χ1v) is 8.97. The number of carbonyl (C=O) groups is 1. The van der Waals surface area contributed by atoms with Gasteiger partial charge in [-0.15, -0.1) is 11.8 Å². The Labute approximate surface area is 137 Å². The number of nitrogens with one attached hydrogen (secondary N) is 2. The number of hydrogen-bond donors (Lipinski definition) is 2. The van der Waals surface area contributed by atoms with E-state index in [1.165, 1.54) is 18.4 Å². The summed E-state index contributed by atoms with van der Waals surface area (Å²) < 4.78 is 5.89. The number of rotatable bonds is 6. The lowest BCUT2D eigenvalue weighted by Crippen LogP contribution is -3.15. The summed E-state index contributed by atoms with van der Waals surface area (Å²) in [6.07, 6.45) is 0.336. The number of thioether (sulfide) groups is 1. The molecule has 0 aliphatic carbocycles. The Balaban J connectivity index is 1.78. The highest BCUT2D eigenvalue weighted by Gasteiger charge is 2.24. The number of carbonyl (C=O) groups excluding carboxylic acids is 1. The molecule has 5 heteroatoms. The molecule has 22 heavy (non-hydrogen) atoms. The fourth-order valence-corrected chi connectivity index (χ4v) is 3.67. The monoisotopic (exact) mass is 323 g/mol. The van der Waals surface area contributed by atoms with E-state index in [2.05, 4.69) is 31.3 Å². The zero-order valence-electron chi connectivity index (χ0n) is 13.7. The predicted octanol–water partition coefficient (Wildman–Crippen LogP) is 1.68. The van der Waals surface area contributed by atoms with Gasteiger partial charge in [-0.05, 0) is 24.3 Å². The van der Waals surface area contributed by atoms with E-state index in [1.54, 1.807) is 4.90 Å². The summed E-state index contributed by atoms with van der Waals surface area (Å²) in [6.45, 7) is 10.4.